The monoisotopic (exact) mass is 400 g/mol. The second kappa shape index (κ2) is 9.28. The SMILES string of the molecule is CC(=O)N1CCC[C@H](NC2CCN(c3cc(C)nc(N4CCCCC4)n3)CC2)C1. The number of nitrogens with zero attached hydrogens (tertiary/aromatic N) is 5. The summed E-state index contributed by atoms with van der Waals surface area (Å²) in [4.78, 5) is 28.1. The van der Waals surface area contributed by atoms with Gasteiger partial charge in [0.25, 0.3) is 0 Å². The first kappa shape index (κ1) is 20.4. The van der Waals surface area contributed by atoms with Crippen molar-refractivity contribution >= 4 is 17.7 Å². The average Bonchev–Trinajstić information content (AvgIpc) is 2.75. The standard InChI is InChI=1S/C22H36N6O/c1-17-15-21(25-22(23-17)27-10-4-3-5-11-27)26-13-8-19(9-14-26)24-20-7-6-12-28(16-20)18(2)29/h15,19-20,24H,3-14,16H2,1-2H3/t20-/m0/s1. The summed E-state index contributed by atoms with van der Waals surface area (Å²) in [5.41, 5.74) is 1.06. The number of aromatic nitrogens is 2. The lowest BCUT2D eigenvalue weighted by atomic mass is 10.00. The normalized spacial score (nSPS) is 24.1. The van der Waals surface area contributed by atoms with Gasteiger partial charge in [-0.3, -0.25) is 4.79 Å². The molecular weight excluding hydrogens is 364 g/mol. The van der Waals surface area contributed by atoms with Crippen LogP contribution in [0.3, 0.4) is 0 Å². The molecule has 3 saturated heterocycles. The van der Waals surface area contributed by atoms with Gasteiger partial charge in [0.05, 0.1) is 0 Å². The van der Waals surface area contributed by atoms with E-state index in [-0.39, 0.29) is 5.91 Å². The highest BCUT2D eigenvalue weighted by atomic mass is 16.2. The highest BCUT2D eigenvalue weighted by Crippen LogP contribution is 2.24. The minimum absolute atomic E-state index is 0.204. The maximum Gasteiger partial charge on any atom is 0.227 e. The first-order valence-corrected chi connectivity index (χ1v) is 11.5. The largest absolute Gasteiger partial charge is 0.356 e. The molecule has 1 aromatic heterocycles. The van der Waals surface area contributed by atoms with Crippen LogP contribution in [0.5, 0.6) is 0 Å². The minimum Gasteiger partial charge on any atom is -0.356 e. The van der Waals surface area contributed by atoms with Gasteiger partial charge in [-0.25, -0.2) is 4.98 Å². The van der Waals surface area contributed by atoms with Gasteiger partial charge in [0.1, 0.15) is 5.82 Å². The van der Waals surface area contributed by atoms with Crippen molar-refractivity contribution in [3.8, 4) is 0 Å². The van der Waals surface area contributed by atoms with E-state index in [1.165, 1.54) is 25.7 Å². The van der Waals surface area contributed by atoms with E-state index in [9.17, 15) is 4.79 Å². The number of carbonyl (C=O) groups is 1. The molecule has 4 heterocycles. The zero-order valence-corrected chi connectivity index (χ0v) is 18.1. The molecule has 4 rings (SSSR count). The molecule has 3 aliphatic heterocycles. The molecule has 0 aliphatic carbocycles. The molecule has 160 valence electrons. The number of rotatable bonds is 4. The Kier molecular flexibility index (Phi) is 6.53. The predicted molar refractivity (Wildman–Crippen MR) is 116 cm³/mol. The van der Waals surface area contributed by atoms with Crippen molar-refractivity contribution in [2.75, 3.05) is 49.1 Å². The molecule has 0 bridgehead atoms. The van der Waals surface area contributed by atoms with Crippen LogP contribution in [0.4, 0.5) is 11.8 Å². The number of aryl methyl sites for hydroxylation is 1. The molecule has 7 nitrogen and oxygen atoms in total. The summed E-state index contributed by atoms with van der Waals surface area (Å²) in [5.74, 6) is 2.19. The molecule has 7 heteroatoms. The third-order valence-corrected chi connectivity index (χ3v) is 6.62. The van der Waals surface area contributed by atoms with Gasteiger partial charge in [0.2, 0.25) is 11.9 Å². The summed E-state index contributed by atoms with van der Waals surface area (Å²) in [6.07, 6.45) is 8.33. The summed E-state index contributed by atoms with van der Waals surface area (Å²) in [6, 6.07) is 3.11. The number of nitrogens with one attached hydrogen (secondary N) is 1. The van der Waals surface area contributed by atoms with Crippen LogP contribution in [-0.2, 0) is 4.79 Å². The van der Waals surface area contributed by atoms with Crippen molar-refractivity contribution in [1.29, 1.82) is 0 Å². The molecule has 0 saturated carbocycles. The Hall–Kier alpha value is -1.89. The topological polar surface area (TPSA) is 64.6 Å². The zero-order chi connectivity index (χ0) is 20.2. The highest BCUT2D eigenvalue weighted by Gasteiger charge is 2.27. The van der Waals surface area contributed by atoms with E-state index in [0.29, 0.717) is 12.1 Å². The lowest BCUT2D eigenvalue weighted by molar-refractivity contribution is -0.130. The molecule has 0 radical (unpaired) electrons. The van der Waals surface area contributed by atoms with Crippen LogP contribution in [0, 0.1) is 6.92 Å². The Bertz CT molecular complexity index is 697. The van der Waals surface area contributed by atoms with E-state index in [1.807, 2.05) is 4.90 Å². The fraction of sp³-hybridized carbons (Fsp3) is 0.773. The van der Waals surface area contributed by atoms with Crippen molar-refractivity contribution in [2.45, 2.75) is 70.9 Å². The first-order chi connectivity index (χ1) is 14.1. The van der Waals surface area contributed by atoms with Crippen molar-refractivity contribution in [1.82, 2.24) is 20.2 Å². The van der Waals surface area contributed by atoms with Gasteiger partial charge in [0, 0.05) is 70.0 Å². The summed E-state index contributed by atoms with van der Waals surface area (Å²) in [5, 5.41) is 3.83. The van der Waals surface area contributed by atoms with E-state index in [1.54, 1.807) is 6.92 Å². The smallest absolute Gasteiger partial charge is 0.227 e. The first-order valence-electron chi connectivity index (χ1n) is 11.5. The van der Waals surface area contributed by atoms with Crippen LogP contribution in [0.2, 0.25) is 0 Å². The second-order valence-corrected chi connectivity index (χ2v) is 8.95. The number of amides is 1. The number of piperidine rings is 3. The van der Waals surface area contributed by atoms with Crippen LogP contribution < -0.4 is 15.1 Å². The summed E-state index contributed by atoms with van der Waals surface area (Å²) in [7, 11) is 0. The Morgan fingerprint density at radius 3 is 2.41 bits per heavy atom. The molecule has 3 aliphatic rings. The molecule has 0 aromatic carbocycles. The fourth-order valence-electron chi connectivity index (χ4n) is 4.94. The fourth-order valence-corrected chi connectivity index (χ4v) is 4.94. The Labute approximate surface area is 174 Å². The van der Waals surface area contributed by atoms with E-state index in [4.69, 9.17) is 9.97 Å². The van der Waals surface area contributed by atoms with Crippen molar-refractivity contribution in [2.24, 2.45) is 0 Å². The molecular formula is C22H36N6O. The second-order valence-electron chi connectivity index (χ2n) is 8.95. The third kappa shape index (κ3) is 5.18. The molecule has 1 atom stereocenters. The lowest BCUT2D eigenvalue weighted by Gasteiger charge is -2.38. The van der Waals surface area contributed by atoms with Gasteiger partial charge in [-0.15, -0.1) is 0 Å². The third-order valence-electron chi connectivity index (χ3n) is 6.62. The molecule has 29 heavy (non-hydrogen) atoms. The minimum atomic E-state index is 0.204. The number of hydrogen-bond donors (Lipinski definition) is 1. The highest BCUT2D eigenvalue weighted by molar-refractivity contribution is 5.73. The molecule has 0 unspecified atom stereocenters. The molecule has 1 aromatic rings. The maximum absolute atomic E-state index is 11.7. The quantitative estimate of drug-likeness (QED) is 0.837. The van der Waals surface area contributed by atoms with E-state index in [2.05, 4.69) is 28.1 Å². The number of likely N-dealkylation sites (tertiary alicyclic amines) is 1. The van der Waals surface area contributed by atoms with E-state index in [0.717, 1.165) is 76.0 Å². The van der Waals surface area contributed by atoms with Gasteiger partial charge in [-0.2, -0.15) is 4.98 Å². The molecule has 1 N–H and O–H groups in total. The van der Waals surface area contributed by atoms with Crippen molar-refractivity contribution in [3.63, 3.8) is 0 Å². The number of carbonyl (C=O) groups excluding carboxylic acids is 1. The van der Waals surface area contributed by atoms with Gasteiger partial charge < -0.3 is 20.0 Å². The maximum atomic E-state index is 11.7. The summed E-state index contributed by atoms with van der Waals surface area (Å²) in [6.45, 7) is 9.74. The van der Waals surface area contributed by atoms with Gasteiger partial charge in [-0.05, 0) is 51.9 Å². The number of anilines is 2. The van der Waals surface area contributed by atoms with Gasteiger partial charge >= 0.3 is 0 Å². The van der Waals surface area contributed by atoms with Crippen LogP contribution in [-0.4, -0.2) is 72.1 Å². The van der Waals surface area contributed by atoms with E-state index < -0.39 is 0 Å². The van der Waals surface area contributed by atoms with Crippen LogP contribution in [0.1, 0.15) is 57.6 Å². The molecule has 1 amide bonds. The van der Waals surface area contributed by atoms with Gasteiger partial charge in [0.15, 0.2) is 0 Å². The Morgan fingerprint density at radius 1 is 0.931 bits per heavy atom. The zero-order valence-electron chi connectivity index (χ0n) is 18.1. The lowest BCUT2D eigenvalue weighted by Crippen LogP contribution is -2.52. The Morgan fingerprint density at radius 2 is 1.69 bits per heavy atom. The van der Waals surface area contributed by atoms with Crippen molar-refractivity contribution in [3.05, 3.63) is 11.8 Å². The molecule has 3 fully saturated rings. The average molecular weight is 401 g/mol. The van der Waals surface area contributed by atoms with Crippen LogP contribution in [0.15, 0.2) is 6.07 Å². The van der Waals surface area contributed by atoms with Crippen LogP contribution in [0.25, 0.3) is 0 Å². The van der Waals surface area contributed by atoms with Gasteiger partial charge in [-0.1, -0.05) is 0 Å². The predicted octanol–water partition coefficient (Wildman–Crippen LogP) is 2.34. The Balaban J connectivity index is 1.32. The molecule has 0 spiro atoms. The van der Waals surface area contributed by atoms with Crippen molar-refractivity contribution < 1.29 is 4.79 Å². The number of hydrogen-bond acceptors (Lipinski definition) is 6. The summed E-state index contributed by atoms with van der Waals surface area (Å²) < 4.78 is 0. The van der Waals surface area contributed by atoms with Crippen LogP contribution >= 0.6 is 0 Å². The summed E-state index contributed by atoms with van der Waals surface area (Å²) >= 11 is 0. The van der Waals surface area contributed by atoms with E-state index >= 15 is 0 Å².